The van der Waals surface area contributed by atoms with E-state index in [9.17, 15) is 4.79 Å². The summed E-state index contributed by atoms with van der Waals surface area (Å²) >= 11 is 1.31. The van der Waals surface area contributed by atoms with Gasteiger partial charge in [0.1, 0.15) is 10.8 Å². The number of carbonyl (C=O) groups excluding carboxylic acids is 1. The first-order valence-corrected chi connectivity index (χ1v) is 10.8. The van der Waals surface area contributed by atoms with Crippen molar-refractivity contribution in [2.45, 2.75) is 44.7 Å². The second-order valence-corrected chi connectivity index (χ2v) is 8.25. The molecule has 0 bridgehead atoms. The van der Waals surface area contributed by atoms with Crippen molar-refractivity contribution in [2.24, 2.45) is 11.5 Å². The summed E-state index contributed by atoms with van der Waals surface area (Å²) in [4.78, 5) is 20.8. The Morgan fingerprint density at radius 3 is 2.70 bits per heavy atom. The minimum atomic E-state index is -0.645. The monoisotopic (exact) mass is 423 g/mol. The van der Waals surface area contributed by atoms with Crippen molar-refractivity contribution in [2.75, 3.05) is 10.6 Å². The van der Waals surface area contributed by atoms with Gasteiger partial charge in [-0.2, -0.15) is 4.37 Å². The number of rotatable bonds is 6. The predicted octanol–water partition coefficient (Wildman–Crippen LogP) is 3.43. The van der Waals surface area contributed by atoms with E-state index in [-0.39, 0.29) is 17.8 Å². The van der Waals surface area contributed by atoms with E-state index in [0.717, 1.165) is 47.5 Å². The van der Waals surface area contributed by atoms with E-state index in [1.54, 1.807) is 0 Å². The minimum absolute atomic E-state index is 0.0709. The fourth-order valence-electron chi connectivity index (χ4n) is 3.76. The SMILES string of the molecule is Cc1nsc(Nc2nc(NC3CCCCC3N)cnc2C(N)=O)c1-c1ccccc1. The number of benzene rings is 1. The first kappa shape index (κ1) is 20.2. The smallest absolute Gasteiger partial charge is 0.271 e. The van der Waals surface area contributed by atoms with Crippen molar-refractivity contribution < 1.29 is 4.79 Å². The normalized spacial score (nSPS) is 18.7. The fourth-order valence-corrected chi connectivity index (χ4v) is 4.58. The number of nitrogens with two attached hydrogens (primary N) is 2. The van der Waals surface area contributed by atoms with Crippen molar-refractivity contribution in [3.05, 3.63) is 47.9 Å². The Bertz CT molecular complexity index is 1040. The van der Waals surface area contributed by atoms with Crippen LogP contribution in [0.5, 0.6) is 0 Å². The van der Waals surface area contributed by atoms with Gasteiger partial charge in [0.05, 0.1) is 11.9 Å². The van der Waals surface area contributed by atoms with Crippen molar-refractivity contribution in [3.63, 3.8) is 0 Å². The van der Waals surface area contributed by atoms with Crippen LogP contribution in [0.2, 0.25) is 0 Å². The highest BCUT2D eigenvalue weighted by atomic mass is 32.1. The van der Waals surface area contributed by atoms with Crippen LogP contribution in [-0.2, 0) is 0 Å². The van der Waals surface area contributed by atoms with Gasteiger partial charge in [-0.1, -0.05) is 43.2 Å². The lowest BCUT2D eigenvalue weighted by atomic mass is 9.91. The van der Waals surface area contributed by atoms with Crippen LogP contribution in [0.1, 0.15) is 41.9 Å². The van der Waals surface area contributed by atoms with Crippen molar-refractivity contribution in [3.8, 4) is 11.1 Å². The molecule has 2 heterocycles. The first-order chi connectivity index (χ1) is 14.5. The van der Waals surface area contributed by atoms with Crippen molar-refractivity contribution in [1.29, 1.82) is 0 Å². The Hall–Kier alpha value is -3.04. The first-order valence-electron chi connectivity index (χ1n) is 10.0. The van der Waals surface area contributed by atoms with Crippen LogP contribution in [0.25, 0.3) is 11.1 Å². The molecule has 30 heavy (non-hydrogen) atoms. The molecule has 0 spiro atoms. The summed E-state index contributed by atoms with van der Waals surface area (Å²) in [7, 11) is 0. The molecule has 1 aliphatic rings. The van der Waals surface area contributed by atoms with E-state index in [4.69, 9.17) is 11.5 Å². The van der Waals surface area contributed by atoms with Gasteiger partial charge in [-0.3, -0.25) is 4.79 Å². The molecule has 1 amide bonds. The van der Waals surface area contributed by atoms with Crippen LogP contribution < -0.4 is 22.1 Å². The molecular formula is C21H25N7OS. The molecule has 6 N–H and O–H groups in total. The average Bonchev–Trinajstić information content (AvgIpc) is 3.10. The molecular weight excluding hydrogens is 398 g/mol. The number of hydrogen-bond acceptors (Lipinski definition) is 8. The maximum absolute atomic E-state index is 12.0. The van der Waals surface area contributed by atoms with Gasteiger partial charge in [0.2, 0.25) is 0 Å². The summed E-state index contributed by atoms with van der Waals surface area (Å²) in [6.45, 7) is 1.95. The van der Waals surface area contributed by atoms with Gasteiger partial charge < -0.3 is 22.1 Å². The number of amides is 1. The number of nitrogens with zero attached hydrogens (tertiary/aromatic N) is 3. The maximum Gasteiger partial charge on any atom is 0.271 e. The molecule has 1 aliphatic carbocycles. The number of anilines is 3. The zero-order valence-corrected chi connectivity index (χ0v) is 17.6. The summed E-state index contributed by atoms with van der Waals surface area (Å²) in [5.74, 6) is 0.221. The Morgan fingerprint density at radius 1 is 1.20 bits per heavy atom. The Labute approximate surface area is 179 Å². The molecule has 9 heteroatoms. The number of aromatic nitrogens is 3. The molecule has 3 aromatic rings. The molecule has 0 saturated heterocycles. The van der Waals surface area contributed by atoms with Crippen LogP contribution in [-0.4, -0.2) is 32.3 Å². The van der Waals surface area contributed by atoms with Crippen molar-refractivity contribution >= 4 is 34.1 Å². The largest absolute Gasteiger partial charge is 0.364 e. The highest BCUT2D eigenvalue weighted by molar-refractivity contribution is 7.11. The lowest BCUT2D eigenvalue weighted by Gasteiger charge is -2.29. The van der Waals surface area contributed by atoms with E-state index < -0.39 is 5.91 Å². The van der Waals surface area contributed by atoms with Crippen LogP contribution >= 0.6 is 11.5 Å². The van der Waals surface area contributed by atoms with Gasteiger partial charge in [0.25, 0.3) is 5.91 Å². The number of carbonyl (C=O) groups is 1. The third-order valence-corrected chi connectivity index (χ3v) is 6.17. The topological polar surface area (TPSA) is 132 Å². The molecule has 2 unspecified atom stereocenters. The molecule has 0 radical (unpaired) electrons. The van der Waals surface area contributed by atoms with Gasteiger partial charge >= 0.3 is 0 Å². The minimum Gasteiger partial charge on any atom is -0.364 e. The van der Waals surface area contributed by atoms with E-state index >= 15 is 0 Å². The van der Waals surface area contributed by atoms with Crippen molar-refractivity contribution in [1.82, 2.24) is 14.3 Å². The summed E-state index contributed by atoms with van der Waals surface area (Å²) < 4.78 is 4.47. The molecule has 8 nitrogen and oxygen atoms in total. The van der Waals surface area contributed by atoms with Crippen LogP contribution in [0, 0.1) is 6.92 Å². The number of hydrogen-bond donors (Lipinski definition) is 4. The Kier molecular flexibility index (Phi) is 5.91. The lowest BCUT2D eigenvalue weighted by molar-refractivity contribution is 0.0996. The number of aryl methyl sites for hydroxylation is 1. The zero-order chi connectivity index (χ0) is 21.1. The molecule has 1 fully saturated rings. The predicted molar refractivity (Wildman–Crippen MR) is 120 cm³/mol. The quantitative estimate of drug-likeness (QED) is 0.477. The van der Waals surface area contributed by atoms with E-state index in [2.05, 4.69) is 25.0 Å². The second kappa shape index (κ2) is 8.76. The molecule has 2 atom stereocenters. The Balaban J connectivity index is 1.66. The van der Waals surface area contributed by atoms with Gasteiger partial charge in [0.15, 0.2) is 11.5 Å². The van der Waals surface area contributed by atoms with Crippen LogP contribution in [0.4, 0.5) is 16.6 Å². The van der Waals surface area contributed by atoms with E-state index in [1.807, 2.05) is 37.3 Å². The van der Waals surface area contributed by atoms with Gasteiger partial charge in [0, 0.05) is 17.6 Å². The van der Waals surface area contributed by atoms with E-state index in [0.29, 0.717) is 11.6 Å². The summed E-state index contributed by atoms with van der Waals surface area (Å²) in [5, 5.41) is 7.39. The summed E-state index contributed by atoms with van der Waals surface area (Å²) in [5.41, 5.74) is 14.8. The third kappa shape index (κ3) is 4.27. The molecule has 4 rings (SSSR count). The summed E-state index contributed by atoms with van der Waals surface area (Å²) in [6.07, 6.45) is 5.77. The average molecular weight is 424 g/mol. The highest BCUT2D eigenvalue weighted by Crippen LogP contribution is 2.36. The molecule has 0 aliphatic heterocycles. The highest BCUT2D eigenvalue weighted by Gasteiger charge is 2.23. The Morgan fingerprint density at radius 2 is 1.97 bits per heavy atom. The third-order valence-electron chi connectivity index (χ3n) is 5.32. The van der Waals surface area contributed by atoms with Crippen LogP contribution in [0.15, 0.2) is 36.5 Å². The zero-order valence-electron chi connectivity index (χ0n) is 16.8. The second-order valence-electron chi connectivity index (χ2n) is 7.48. The van der Waals surface area contributed by atoms with Gasteiger partial charge in [-0.15, -0.1) is 0 Å². The molecule has 2 aromatic heterocycles. The molecule has 1 aromatic carbocycles. The van der Waals surface area contributed by atoms with Gasteiger partial charge in [-0.25, -0.2) is 9.97 Å². The summed E-state index contributed by atoms with van der Waals surface area (Å²) in [6, 6.07) is 10.2. The number of primary amides is 1. The van der Waals surface area contributed by atoms with Gasteiger partial charge in [-0.05, 0) is 36.9 Å². The van der Waals surface area contributed by atoms with Crippen LogP contribution in [0.3, 0.4) is 0 Å². The maximum atomic E-state index is 12.0. The lowest BCUT2D eigenvalue weighted by Crippen LogP contribution is -2.42. The standard InChI is InChI=1S/C21H25N7OS/c1-12-17(13-7-3-2-4-8-13)21(30-28-12)27-20-18(19(23)29)24-11-16(26-20)25-15-10-6-5-9-14(15)22/h2-4,7-8,11,14-15H,5-6,9-10,22H2,1H3,(H2,23,29)(H2,25,26,27). The van der Waals surface area contributed by atoms with E-state index in [1.165, 1.54) is 17.7 Å². The molecule has 156 valence electrons. The number of nitrogens with one attached hydrogen (secondary N) is 2. The molecule has 1 saturated carbocycles. The fraction of sp³-hybridized carbons (Fsp3) is 0.333.